The number of rotatable bonds is 4. The number of carbonyl (C=O) groups excluding carboxylic acids is 1. The Labute approximate surface area is 190 Å². The number of carboxylic acid groups (broad SMARTS) is 1. The molecule has 8 nitrogen and oxygen atoms in total. The fourth-order valence-electron chi connectivity index (χ4n) is 5.26. The molecule has 1 unspecified atom stereocenters. The third kappa shape index (κ3) is 3.73. The molecular weight excluding hydrogens is 429 g/mol. The van der Waals surface area contributed by atoms with Crippen molar-refractivity contribution in [1.29, 1.82) is 0 Å². The second-order valence-corrected chi connectivity index (χ2v) is 10.5. The number of halogens is 1. The molecule has 3 fully saturated rings. The topological polar surface area (TPSA) is 100 Å². The van der Waals surface area contributed by atoms with Crippen LogP contribution in [0.25, 0.3) is 5.52 Å². The number of nitrogens with one attached hydrogen (secondary N) is 1. The van der Waals surface area contributed by atoms with Gasteiger partial charge in [0.1, 0.15) is 11.2 Å². The molecule has 176 valence electrons. The van der Waals surface area contributed by atoms with Gasteiger partial charge in [-0.15, -0.1) is 0 Å². The van der Waals surface area contributed by atoms with Crippen molar-refractivity contribution in [2.75, 3.05) is 18.0 Å². The Hall–Kier alpha value is -3.10. The monoisotopic (exact) mass is 457 g/mol. The number of carbonyl (C=O) groups is 2. The van der Waals surface area contributed by atoms with Gasteiger partial charge >= 0.3 is 12.1 Å². The molecule has 33 heavy (non-hydrogen) atoms. The largest absolute Gasteiger partial charge is 0.477 e. The SMILES string of the molecule is Cc1c(N2C[C@@H]3C(NC(=O)OC(C)(C)C)[C@@H]3C2)c(F)cn2c(=O)c(C(=O)O)cc(C3CC3)c12. The van der Waals surface area contributed by atoms with Gasteiger partial charge in [-0.05, 0) is 63.6 Å². The zero-order chi connectivity index (χ0) is 23.8. The number of anilines is 1. The van der Waals surface area contributed by atoms with Crippen molar-refractivity contribution in [3.05, 3.63) is 45.1 Å². The lowest BCUT2D eigenvalue weighted by Gasteiger charge is -2.27. The van der Waals surface area contributed by atoms with Gasteiger partial charge in [0, 0.05) is 31.0 Å². The highest BCUT2D eigenvalue weighted by Gasteiger charge is 2.57. The molecule has 5 rings (SSSR count). The summed E-state index contributed by atoms with van der Waals surface area (Å²) in [6.45, 7) is 8.42. The second-order valence-electron chi connectivity index (χ2n) is 10.5. The molecule has 0 bridgehead atoms. The van der Waals surface area contributed by atoms with Crippen LogP contribution in [0.15, 0.2) is 17.1 Å². The van der Waals surface area contributed by atoms with E-state index >= 15 is 4.39 Å². The number of pyridine rings is 2. The summed E-state index contributed by atoms with van der Waals surface area (Å²) in [6, 6.07) is 1.48. The summed E-state index contributed by atoms with van der Waals surface area (Å²) in [5.41, 5.74) is 0.864. The van der Waals surface area contributed by atoms with E-state index in [1.807, 2.05) is 25.7 Å². The molecule has 3 heterocycles. The third-order valence-electron chi connectivity index (χ3n) is 6.88. The number of ether oxygens (including phenoxy) is 1. The van der Waals surface area contributed by atoms with Crippen LogP contribution in [0.2, 0.25) is 0 Å². The van der Waals surface area contributed by atoms with Gasteiger partial charge in [-0.3, -0.25) is 9.20 Å². The molecule has 0 spiro atoms. The molecule has 0 radical (unpaired) electrons. The number of carboxylic acids is 1. The van der Waals surface area contributed by atoms with Crippen molar-refractivity contribution < 1.29 is 23.8 Å². The lowest BCUT2D eigenvalue weighted by atomic mass is 10.0. The fraction of sp³-hybridized carbons (Fsp3) is 0.542. The van der Waals surface area contributed by atoms with E-state index in [-0.39, 0.29) is 29.4 Å². The maximum Gasteiger partial charge on any atom is 0.407 e. The Morgan fingerprint density at radius 3 is 2.39 bits per heavy atom. The van der Waals surface area contributed by atoms with Crippen molar-refractivity contribution in [3.8, 4) is 0 Å². The predicted octanol–water partition coefficient (Wildman–Crippen LogP) is 3.28. The average Bonchev–Trinajstić information content (AvgIpc) is 3.59. The molecule has 2 aromatic heterocycles. The molecular formula is C24H28FN3O5. The quantitative estimate of drug-likeness (QED) is 0.731. The van der Waals surface area contributed by atoms with Crippen molar-refractivity contribution in [2.24, 2.45) is 11.8 Å². The highest BCUT2D eigenvalue weighted by atomic mass is 19.1. The first kappa shape index (κ1) is 21.7. The Morgan fingerprint density at radius 2 is 1.85 bits per heavy atom. The normalized spacial score (nSPS) is 24.0. The number of amides is 1. The highest BCUT2D eigenvalue weighted by molar-refractivity contribution is 5.89. The summed E-state index contributed by atoms with van der Waals surface area (Å²) in [6.07, 6.45) is 2.53. The zero-order valence-electron chi connectivity index (χ0n) is 19.1. The van der Waals surface area contributed by atoms with Crippen LogP contribution in [0.5, 0.6) is 0 Å². The van der Waals surface area contributed by atoms with Crippen molar-refractivity contribution in [2.45, 2.75) is 58.1 Å². The summed E-state index contributed by atoms with van der Waals surface area (Å²) < 4.78 is 21.8. The maximum atomic E-state index is 15.3. The first-order valence-electron chi connectivity index (χ1n) is 11.3. The molecule has 0 aromatic carbocycles. The number of nitrogens with zero attached hydrogens (tertiary/aromatic N) is 2. The molecule has 3 aliphatic rings. The molecule has 2 N–H and O–H groups in total. The second kappa shape index (κ2) is 7.20. The van der Waals surface area contributed by atoms with E-state index in [1.165, 1.54) is 6.07 Å². The van der Waals surface area contributed by atoms with E-state index in [9.17, 15) is 19.5 Å². The molecule has 2 aromatic rings. The van der Waals surface area contributed by atoms with Crippen molar-refractivity contribution in [3.63, 3.8) is 0 Å². The zero-order valence-corrected chi connectivity index (χ0v) is 19.1. The van der Waals surface area contributed by atoms with Crippen molar-refractivity contribution in [1.82, 2.24) is 9.72 Å². The van der Waals surface area contributed by atoms with Gasteiger partial charge < -0.3 is 20.1 Å². The van der Waals surface area contributed by atoms with Crippen molar-refractivity contribution >= 4 is 23.3 Å². The Bertz CT molecular complexity index is 1230. The standard InChI is InChI=1S/C24H28FN3O5/c1-11-19-13(12-5-6-12)7-14(22(30)31)21(29)28(19)10-17(25)20(11)27-8-15-16(9-27)18(15)26-23(32)33-24(2,3)4/h7,10,12,15-16,18H,5-6,8-9H2,1-4H3,(H,26,32)(H,30,31)/t15-,16+,18?. The predicted molar refractivity (Wildman–Crippen MR) is 120 cm³/mol. The molecule has 2 aliphatic carbocycles. The van der Waals surface area contributed by atoms with Crippen LogP contribution in [0.3, 0.4) is 0 Å². The number of aromatic carboxylic acids is 1. The van der Waals surface area contributed by atoms with Gasteiger partial charge in [0.05, 0.1) is 17.4 Å². The van der Waals surface area contributed by atoms with Gasteiger partial charge in [0.25, 0.3) is 5.56 Å². The lowest BCUT2D eigenvalue weighted by Crippen LogP contribution is -2.38. The summed E-state index contributed by atoms with van der Waals surface area (Å²) in [5, 5.41) is 12.4. The number of fused-ring (bicyclic) bond motifs is 2. The van der Waals surface area contributed by atoms with Crippen LogP contribution in [0.4, 0.5) is 14.9 Å². The Morgan fingerprint density at radius 1 is 1.21 bits per heavy atom. The van der Waals surface area contributed by atoms with E-state index in [0.717, 1.165) is 29.0 Å². The number of aryl methyl sites for hydroxylation is 1. The van der Waals surface area contributed by atoms with Crippen LogP contribution in [-0.4, -0.2) is 46.3 Å². The van der Waals surface area contributed by atoms with E-state index in [2.05, 4.69) is 5.32 Å². The molecule has 1 aliphatic heterocycles. The number of piperidine rings is 1. The summed E-state index contributed by atoms with van der Waals surface area (Å²) in [4.78, 5) is 38.4. The number of hydrogen-bond acceptors (Lipinski definition) is 5. The van der Waals surface area contributed by atoms with Crippen LogP contribution in [0.1, 0.15) is 61.0 Å². The van der Waals surface area contributed by atoms with Crippen LogP contribution in [-0.2, 0) is 4.74 Å². The molecule has 1 amide bonds. The lowest BCUT2D eigenvalue weighted by molar-refractivity contribution is 0.0517. The van der Waals surface area contributed by atoms with Gasteiger partial charge in [-0.2, -0.15) is 0 Å². The molecule has 1 saturated heterocycles. The fourth-order valence-corrected chi connectivity index (χ4v) is 5.26. The first-order chi connectivity index (χ1) is 15.5. The minimum Gasteiger partial charge on any atom is -0.477 e. The molecule has 9 heteroatoms. The summed E-state index contributed by atoms with van der Waals surface area (Å²) in [7, 11) is 0. The minimum atomic E-state index is -1.30. The van der Waals surface area contributed by atoms with Gasteiger partial charge in [0.2, 0.25) is 0 Å². The highest BCUT2D eigenvalue weighted by Crippen LogP contribution is 2.49. The van der Waals surface area contributed by atoms with E-state index in [1.54, 1.807) is 6.92 Å². The van der Waals surface area contributed by atoms with E-state index in [4.69, 9.17) is 4.74 Å². The molecule has 3 atom stereocenters. The summed E-state index contributed by atoms with van der Waals surface area (Å²) >= 11 is 0. The Balaban J connectivity index is 1.44. The number of aromatic nitrogens is 1. The van der Waals surface area contributed by atoms with Crippen LogP contribution in [0, 0.1) is 24.6 Å². The van der Waals surface area contributed by atoms with Crippen LogP contribution < -0.4 is 15.8 Å². The molecule has 2 saturated carbocycles. The van der Waals surface area contributed by atoms with E-state index in [0.29, 0.717) is 29.9 Å². The van der Waals surface area contributed by atoms with Crippen LogP contribution >= 0.6 is 0 Å². The summed E-state index contributed by atoms with van der Waals surface area (Å²) in [5.74, 6) is -1.24. The first-order valence-corrected chi connectivity index (χ1v) is 11.3. The number of hydrogen-bond donors (Lipinski definition) is 2. The van der Waals surface area contributed by atoms with E-state index < -0.39 is 29.0 Å². The maximum absolute atomic E-state index is 15.3. The average molecular weight is 458 g/mol. The Kier molecular flexibility index (Phi) is 4.74. The minimum absolute atomic E-state index is 0.0164. The van der Waals surface area contributed by atoms with Gasteiger partial charge in [-0.1, -0.05) is 0 Å². The van der Waals surface area contributed by atoms with Gasteiger partial charge in [0.15, 0.2) is 5.82 Å². The third-order valence-corrected chi connectivity index (χ3v) is 6.88. The smallest absolute Gasteiger partial charge is 0.407 e. The van der Waals surface area contributed by atoms with Gasteiger partial charge in [-0.25, -0.2) is 14.0 Å². The number of alkyl carbamates (subject to hydrolysis) is 1.